The molecule has 0 spiro atoms. The van der Waals surface area contributed by atoms with Crippen LogP contribution in [0.2, 0.25) is 0 Å². The lowest BCUT2D eigenvalue weighted by atomic mass is 10.2. The lowest BCUT2D eigenvalue weighted by Crippen LogP contribution is -2.11. The molecular weight excluding hydrogens is 310 g/mol. The summed E-state index contributed by atoms with van der Waals surface area (Å²) in [6.07, 6.45) is 0.492. The van der Waals surface area contributed by atoms with Crippen LogP contribution in [-0.4, -0.2) is 11.2 Å². The minimum atomic E-state index is 0.0272. The Balaban J connectivity index is 2.71. The van der Waals surface area contributed by atoms with Crippen LogP contribution in [0.4, 0.5) is 5.69 Å². The van der Waals surface area contributed by atoms with Gasteiger partial charge in [0.1, 0.15) is 0 Å². The number of amides is 1. The van der Waals surface area contributed by atoms with Crippen molar-refractivity contribution in [2.75, 3.05) is 10.6 Å². The van der Waals surface area contributed by atoms with Gasteiger partial charge in [0.05, 0.1) is 0 Å². The first-order valence-electron chi connectivity index (χ1n) is 4.25. The largest absolute Gasteiger partial charge is 0.326 e. The first-order chi connectivity index (χ1) is 6.61. The van der Waals surface area contributed by atoms with Gasteiger partial charge in [-0.15, -0.1) is 0 Å². The second-order valence-corrected chi connectivity index (χ2v) is 4.71. The van der Waals surface area contributed by atoms with E-state index >= 15 is 0 Å². The lowest BCUT2D eigenvalue weighted by Gasteiger charge is -2.05. The highest BCUT2D eigenvalue weighted by molar-refractivity contribution is 9.10. The molecule has 1 aromatic rings. The number of alkyl halides is 1. The number of hydrogen-bond donors (Lipinski definition) is 1. The van der Waals surface area contributed by atoms with Crippen LogP contribution in [0, 0.1) is 6.92 Å². The summed E-state index contributed by atoms with van der Waals surface area (Å²) < 4.78 is 0.978. The molecule has 0 aromatic heterocycles. The molecule has 0 aliphatic rings. The number of benzene rings is 1. The Labute approximate surface area is 100 Å². The first kappa shape index (κ1) is 11.7. The molecule has 1 N–H and O–H groups in total. The number of carbonyl (C=O) groups excluding carboxylic acids is 1. The van der Waals surface area contributed by atoms with Gasteiger partial charge in [-0.3, -0.25) is 4.79 Å². The molecular formula is C10H11Br2NO. The van der Waals surface area contributed by atoms with Crippen molar-refractivity contribution in [2.24, 2.45) is 0 Å². The topological polar surface area (TPSA) is 29.1 Å². The van der Waals surface area contributed by atoms with Gasteiger partial charge in [-0.1, -0.05) is 31.9 Å². The van der Waals surface area contributed by atoms with E-state index in [1.807, 2.05) is 25.1 Å². The normalized spacial score (nSPS) is 9.93. The van der Waals surface area contributed by atoms with Crippen LogP contribution in [-0.2, 0) is 4.79 Å². The lowest BCUT2D eigenvalue weighted by molar-refractivity contribution is -0.115. The fraction of sp³-hybridized carbons (Fsp3) is 0.300. The van der Waals surface area contributed by atoms with Gasteiger partial charge in [-0.2, -0.15) is 0 Å². The summed E-state index contributed by atoms with van der Waals surface area (Å²) in [6, 6.07) is 5.83. The molecule has 0 fully saturated rings. The molecule has 76 valence electrons. The van der Waals surface area contributed by atoms with Gasteiger partial charge in [0.2, 0.25) is 5.91 Å². The molecule has 2 nitrogen and oxygen atoms in total. The minimum Gasteiger partial charge on any atom is -0.326 e. The Hall–Kier alpha value is -0.350. The van der Waals surface area contributed by atoms with Crippen molar-refractivity contribution in [3.05, 3.63) is 28.2 Å². The SMILES string of the molecule is Cc1cc(Br)cc(NC(=O)CCBr)c1. The number of nitrogens with one attached hydrogen (secondary N) is 1. The van der Waals surface area contributed by atoms with Gasteiger partial charge >= 0.3 is 0 Å². The Bertz CT molecular complexity index is 319. The highest BCUT2D eigenvalue weighted by Gasteiger charge is 2.02. The van der Waals surface area contributed by atoms with E-state index < -0.39 is 0 Å². The average Bonchev–Trinajstić information content (AvgIpc) is 2.01. The van der Waals surface area contributed by atoms with Crippen molar-refractivity contribution in [1.29, 1.82) is 0 Å². The van der Waals surface area contributed by atoms with Crippen molar-refractivity contribution in [3.63, 3.8) is 0 Å². The molecule has 1 amide bonds. The Morgan fingerprint density at radius 2 is 2.14 bits per heavy atom. The molecule has 0 heterocycles. The quantitative estimate of drug-likeness (QED) is 0.849. The zero-order valence-corrected chi connectivity index (χ0v) is 11.0. The van der Waals surface area contributed by atoms with Gasteiger partial charge in [-0.05, 0) is 30.7 Å². The Morgan fingerprint density at radius 3 is 2.71 bits per heavy atom. The number of hydrogen-bond acceptors (Lipinski definition) is 1. The van der Waals surface area contributed by atoms with Crippen LogP contribution >= 0.6 is 31.9 Å². The number of aryl methyl sites for hydroxylation is 1. The van der Waals surface area contributed by atoms with Crippen LogP contribution < -0.4 is 5.32 Å². The van der Waals surface area contributed by atoms with Crippen LogP contribution in [0.15, 0.2) is 22.7 Å². The molecule has 4 heteroatoms. The van der Waals surface area contributed by atoms with Gasteiger partial charge in [0.25, 0.3) is 0 Å². The van der Waals surface area contributed by atoms with Crippen LogP contribution in [0.25, 0.3) is 0 Å². The fourth-order valence-corrected chi connectivity index (χ4v) is 2.09. The highest BCUT2D eigenvalue weighted by atomic mass is 79.9. The van der Waals surface area contributed by atoms with E-state index in [1.54, 1.807) is 0 Å². The van der Waals surface area contributed by atoms with E-state index in [2.05, 4.69) is 37.2 Å². The summed E-state index contributed by atoms with van der Waals surface area (Å²) in [4.78, 5) is 11.3. The summed E-state index contributed by atoms with van der Waals surface area (Å²) in [5.74, 6) is 0.0272. The maximum Gasteiger partial charge on any atom is 0.225 e. The maximum absolute atomic E-state index is 11.3. The molecule has 0 saturated carbocycles. The van der Waals surface area contributed by atoms with E-state index in [4.69, 9.17) is 0 Å². The van der Waals surface area contributed by atoms with Gasteiger partial charge < -0.3 is 5.32 Å². The van der Waals surface area contributed by atoms with E-state index in [-0.39, 0.29) is 5.91 Å². The summed E-state index contributed by atoms with van der Waals surface area (Å²) in [5, 5.41) is 3.51. The molecule has 1 aromatic carbocycles. The van der Waals surface area contributed by atoms with E-state index in [1.165, 1.54) is 0 Å². The van der Waals surface area contributed by atoms with Crippen molar-refractivity contribution < 1.29 is 4.79 Å². The van der Waals surface area contributed by atoms with Crippen molar-refractivity contribution in [2.45, 2.75) is 13.3 Å². The van der Waals surface area contributed by atoms with E-state index in [0.717, 1.165) is 15.7 Å². The summed E-state index contributed by atoms with van der Waals surface area (Å²) in [7, 11) is 0. The fourth-order valence-electron chi connectivity index (χ4n) is 1.12. The molecule has 0 saturated heterocycles. The summed E-state index contributed by atoms with van der Waals surface area (Å²) in [5.41, 5.74) is 1.95. The Morgan fingerprint density at radius 1 is 1.43 bits per heavy atom. The monoisotopic (exact) mass is 319 g/mol. The third kappa shape index (κ3) is 3.80. The number of anilines is 1. The van der Waals surface area contributed by atoms with Gasteiger partial charge in [0.15, 0.2) is 0 Å². The highest BCUT2D eigenvalue weighted by Crippen LogP contribution is 2.19. The zero-order valence-electron chi connectivity index (χ0n) is 7.81. The molecule has 0 aliphatic heterocycles. The molecule has 14 heavy (non-hydrogen) atoms. The molecule has 0 radical (unpaired) electrons. The molecule has 0 unspecified atom stereocenters. The number of carbonyl (C=O) groups is 1. The third-order valence-corrected chi connectivity index (χ3v) is 2.50. The van der Waals surface area contributed by atoms with Crippen molar-refractivity contribution >= 4 is 43.5 Å². The standard InChI is InChI=1S/C10H11Br2NO/c1-7-4-8(12)6-9(5-7)13-10(14)2-3-11/h4-6H,2-3H2,1H3,(H,13,14). The van der Waals surface area contributed by atoms with E-state index in [0.29, 0.717) is 11.8 Å². The minimum absolute atomic E-state index is 0.0272. The zero-order chi connectivity index (χ0) is 10.6. The second kappa shape index (κ2) is 5.51. The van der Waals surface area contributed by atoms with Crippen LogP contribution in [0.1, 0.15) is 12.0 Å². The molecule has 0 atom stereocenters. The van der Waals surface area contributed by atoms with Crippen molar-refractivity contribution in [1.82, 2.24) is 0 Å². The van der Waals surface area contributed by atoms with Crippen LogP contribution in [0.5, 0.6) is 0 Å². The predicted molar refractivity (Wildman–Crippen MR) is 65.9 cm³/mol. The van der Waals surface area contributed by atoms with Crippen LogP contribution in [0.3, 0.4) is 0 Å². The van der Waals surface area contributed by atoms with Crippen molar-refractivity contribution in [3.8, 4) is 0 Å². The molecule has 1 rings (SSSR count). The summed E-state index contributed by atoms with van der Waals surface area (Å²) in [6.45, 7) is 1.99. The summed E-state index contributed by atoms with van der Waals surface area (Å²) >= 11 is 6.60. The average molecular weight is 321 g/mol. The Kier molecular flexibility index (Phi) is 4.62. The second-order valence-electron chi connectivity index (χ2n) is 3.00. The maximum atomic E-state index is 11.3. The number of rotatable bonds is 3. The third-order valence-electron chi connectivity index (χ3n) is 1.65. The molecule has 0 bridgehead atoms. The van der Waals surface area contributed by atoms with E-state index in [9.17, 15) is 4.79 Å². The first-order valence-corrected chi connectivity index (χ1v) is 6.16. The predicted octanol–water partition coefficient (Wildman–Crippen LogP) is 3.48. The number of halogens is 2. The van der Waals surface area contributed by atoms with Gasteiger partial charge in [-0.25, -0.2) is 0 Å². The van der Waals surface area contributed by atoms with Gasteiger partial charge in [0, 0.05) is 21.9 Å². The molecule has 0 aliphatic carbocycles. The smallest absolute Gasteiger partial charge is 0.225 e.